The van der Waals surface area contributed by atoms with Gasteiger partial charge in [0.1, 0.15) is 0 Å². The van der Waals surface area contributed by atoms with Crippen LogP contribution in [0.1, 0.15) is 28.7 Å². The summed E-state index contributed by atoms with van der Waals surface area (Å²) in [6.45, 7) is 6.82. The van der Waals surface area contributed by atoms with Gasteiger partial charge in [-0.3, -0.25) is 9.59 Å². The van der Waals surface area contributed by atoms with Crippen LogP contribution < -0.4 is 5.56 Å². The number of ketones is 1. The largest absolute Gasteiger partial charge is 0.349 e. The standard InChI is InChI=1S/C15H16Br2N2O2/c1-4-19-9(2)5-12(10(19)3)14(20)8-18-7-11(16)6-13(17)15(18)21/h5-7H,4,8H2,1-3H3. The van der Waals surface area contributed by atoms with E-state index in [0.29, 0.717) is 10.0 Å². The molecule has 2 aromatic heterocycles. The van der Waals surface area contributed by atoms with Gasteiger partial charge in [0.2, 0.25) is 0 Å². The third-order valence-corrected chi connectivity index (χ3v) is 4.51. The molecule has 6 heteroatoms. The fraction of sp³-hybridized carbons (Fsp3) is 0.333. The number of carbonyl (C=O) groups excluding carboxylic acids is 1. The minimum atomic E-state index is -0.212. The zero-order chi connectivity index (χ0) is 15.7. The number of pyridine rings is 1. The molecule has 0 radical (unpaired) electrons. The molecular formula is C15H16Br2N2O2. The fourth-order valence-corrected chi connectivity index (χ4v) is 3.75. The van der Waals surface area contributed by atoms with Crippen LogP contribution in [0.2, 0.25) is 0 Å². The van der Waals surface area contributed by atoms with Gasteiger partial charge < -0.3 is 9.13 Å². The maximum atomic E-state index is 12.5. The highest BCUT2D eigenvalue weighted by atomic mass is 79.9. The van der Waals surface area contributed by atoms with Gasteiger partial charge in [-0.15, -0.1) is 0 Å². The minimum absolute atomic E-state index is 0.0326. The zero-order valence-corrected chi connectivity index (χ0v) is 15.3. The second kappa shape index (κ2) is 6.32. The highest BCUT2D eigenvalue weighted by Gasteiger charge is 2.16. The highest BCUT2D eigenvalue weighted by molar-refractivity contribution is 9.11. The Labute approximate surface area is 140 Å². The Hall–Kier alpha value is -1.14. The van der Waals surface area contributed by atoms with Crippen LogP contribution in [0.25, 0.3) is 0 Å². The maximum absolute atomic E-state index is 12.5. The summed E-state index contributed by atoms with van der Waals surface area (Å²) in [6.07, 6.45) is 1.63. The molecule has 112 valence electrons. The first-order valence-electron chi connectivity index (χ1n) is 6.60. The summed E-state index contributed by atoms with van der Waals surface area (Å²) in [5.74, 6) is -0.0603. The Balaban J connectivity index is 2.37. The lowest BCUT2D eigenvalue weighted by molar-refractivity contribution is 0.0970. The first kappa shape index (κ1) is 16.2. The van der Waals surface area contributed by atoms with Gasteiger partial charge >= 0.3 is 0 Å². The van der Waals surface area contributed by atoms with Crippen molar-refractivity contribution >= 4 is 37.6 Å². The van der Waals surface area contributed by atoms with Gasteiger partial charge in [0.05, 0.1) is 11.0 Å². The average molecular weight is 416 g/mol. The van der Waals surface area contributed by atoms with Crippen LogP contribution >= 0.6 is 31.9 Å². The van der Waals surface area contributed by atoms with Crippen molar-refractivity contribution < 1.29 is 4.79 Å². The van der Waals surface area contributed by atoms with E-state index >= 15 is 0 Å². The van der Waals surface area contributed by atoms with Gasteiger partial charge in [0.25, 0.3) is 5.56 Å². The first-order chi connectivity index (χ1) is 9.85. The van der Waals surface area contributed by atoms with E-state index in [4.69, 9.17) is 0 Å². The molecule has 2 heterocycles. The summed E-state index contributed by atoms with van der Waals surface area (Å²) < 4.78 is 4.69. The number of hydrogen-bond acceptors (Lipinski definition) is 2. The maximum Gasteiger partial charge on any atom is 0.265 e. The van der Waals surface area contributed by atoms with E-state index < -0.39 is 0 Å². The molecule has 0 saturated heterocycles. The van der Waals surface area contributed by atoms with E-state index in [2.05, 4.69) is 36.4 Å². The van der Waals surface area contributed by atoms with Gasteiger partial charge in [-0.25, -0.2) is 0 Å². The predicted molar refractivity (Wildman–Crippen MR) is 90.0 cm³/mol. The average Bonchev–Trinajstić information content (AvgIpc) is 2.70. The first-order valence-corrected chi connectivity index (χ1v) is 8.19. The smallest absolute Gasteiger partial charge is 0.265 e. The molecular weight excluding hydrogens is 400 g/mol. The number of nitrogens with zero attached hydrogens (tertiary/aromatic N) is 2. The lowest BCUT2D eigenvalue weighted by Crippen LogP contribution is -2.24. The number of aryl methyl sites for hydroxylation is 1. The molecule has 0 atom stereocenters. The fourth-order valence-electron chi connectivity index (χ4n) is 2.49. The number of halogens is 2. The quantitative estimate of drug-likeness (QED) is 0.714. The van der Waals surface area contributed by atoms with Crippen molar-refractivity contribution in [2.24, 2.45) is 0 Å². The Kier molecular flexibility index (Phi) is 4.88. The lowest BCUT2D eigenvalue weighted by Gasteiger charge is -2.08. The summed E-state index contributed by atoms with van der Waals surface area (Å²) >= 11 is 6.54. The van der Waals surface area contributed by atoms with Crippen molar-refractivity contribution in [2.75, 3.05) is 0 Å². The molecule has 0 unspecified atom stereocenters. The van der Waals surface area contributed by atoms with E-state index in [1.54, 1.807) is 12.3 Å². The topological polar surface area (TPSA) is 44.0 Å². The number of hydrogen-bond donors (Lipinski definition) is 0. The van der Waals surface area contributed by atoms with Crippen molar-refractivity contribution in [3.05, 3.63) is 54.6 Å². The van der Waals surface area contributed by atoms with E-state index in [0.717, 1.165) is 22.4 Å². The van der Waals surface area contributed by atoms with Gasteiger partial charge in [-0.1, -0.05) is 0 Å². The molecule has 0 N–H and O–H groups in total. The Morgan fingerprint density at radius 3 is 2.48 bits per heavy atom. The monoisotopic (exact) mass is 414 g/mol. The summed E-state index contributed by atoms with van der Waals surface area (Å²) in [6, 6.07) is 3.56. The van der Waals surface area contributed by atoms with Gasteiger partial charge in [-0.05, 0) is 64.8 Å². The number of Topliss-reactive ketones (excluding diaryl/α,β-unsaturated/α-hetero) is 1. The molecule has 4 nitrogen and oxygen atoms in total. The molecule has 0 aromatic carbocycles. The molecule has 0 aliphatic carbocycles. The zero-order valence-electron chi connectivity index (χ0n) is 12.1. The molecule has 0 aliphatic rings. The van der Waals surface area contributed by atoms with Crippen molar-refractivity contribution in [3.8, 4) is 0 Å². The summed E-state index contributed by atoms with van der Waals surface area (Å²) in [5.41, 5.74) is 2.47. The van der Waals surface area contributed by atoms with Crippen molar-refractivity contribution in [1.29, 1.82) is 0 Å². The SMILES string of the molecule is CCn1c(C)cc(C(=O)Cn2cc(Br)cc(Br)c2=O)c1C. The van der Waals surface area contributed by atoms with Gasteiger partial charge in [0.15, 0.2) is 5.78 Å². The number of aromatic nitrogens is 2. The molecule has 0 aliphatic heterocycles. The normalized spacial score (nSPS) is 10.9. The molecule has 2 rings (SSSR count). The number of rotatable bonds is 4. The molecule has 0 fully saturated rings. The van der Waals surface area contributed by atoms with Crippen LogP contribution in [-0.2, 0) is 13.1 Å². The molecule has 0 bridgehead atoms. The van der Waals surface area contributed by atoms with Crippen LogP contribution in [0.5, 0.6) is 0 Å². The van der Waals surface area contributed by atoms with Crippen molar-refractivity contribution in [2.45, 2.75) is 33.9 Å². The Morgan fingerprint density at radius 1 is 1.24 bits per heavy atom. The van der Waals surface area contributed by atoms with E-state index in [1.807, 2.05) is 26.8 Å². The number of carbonyl (C=O) groups is 1. The van der Waals surface area contributed by atoms with Crippen LogP contribution in [0, 0.1) is 13.8 Å². The Bertz CT molecular complexity index is 760. The van der Waals surface area contributed by atoms with Crippen LogP contribution in [-0.4, -0.2) is 14.9 Å². The van der Waals surface area contributed by atoms with Gasteiger partial charge in [0, 0.05) is 34.2 Å². The van der Waals surface area contributed by atoms with E-state index in [1.165, 1.54) is 4.57 Å². The van der Waals surface area contributed by atoms with Crippen molar-refractivity contribution in [3.63, 3.8) is 0 Å². The summed E-state index contributed by atoms with van der Waals surface area (Å²) in [4.78, 5) is 24.5. The van der Waals surface area contributed by atoms with E-state index in [9.17, 15) is 9.59 Å². The van der Waals surface area contributed by atoms with Crippen molar-refractivity contribution in [1.82, 2.24) is 9.13 Å². The van der Waals surface area contributed by atoms with Crippen LogP contribution in [0.3, 0.4) is 0 Å². The molecule has 2 aromatic rings. The minimum Gasteiger partial charge on any atom is -0.349 e. The third kappa shape index (κ3) is 3.21. The molecule has 0 spiro atoms. The lowest BCUT2D eigenvalue weighted by atomic mass is 10.1. The highest BCUT2D eigenvalue weighted by Crippen LogP contribution is 2.17. The third-order valence-electron chi connectivity index (χ3n) is 3.51. The summed E-state index contributed by atoms with van der Waals surface area (Å²) in [5, 5.41) is 0. The predicted octanol–water partition coefficient (Wildman–Crippen LogP) is 3.69. The summed E-state index contributed by atoms with van der Waals surface area (Å²) in [7, 11) is 0. The Morgan fingerprint density at radius 2 is 1.90 bits per heavy atom. The van der Waals surface area contributed by atoms with E-state index in [-0.39, 0.29) is 17.9 Å². The molecule has 21 heavy (non-hydrogen) atoms. The second-order valence-corrected chi connectivity index (χ2v) is 6.66. The van der Waals surface area contributed by atoms with Crippen LogP contribution in [0.15, 0.2) is 32.1 Å². The molecule has 0 saturated carbocycles. The van der Waals surface area contributed by atoms with Crippen LogP contribution in [0.4, 0.5) is 0 Å². The molecule has 0 amide bonds. The van der Waals surface area contributed by atoms with Gasteiger partial charge in [-0.2, -0.15) is 0 Å². The second-order valence-electron chi connectivity index (χ2n) is 4.89.